The Morgan fingerprint density at radius 3 is 1.83 bits per heavy atom. The van der Waals surface area contributed by atoms with E-state index in [1.165, 1.54) is 0 Å². The van der Waals surface area contributed by atoms with Crippen LogP contribution in [0.15, 0.2) is 12.1 Å². The number of hydrogen-bond acceptors (Lipinski definition) is 3. The van der Waals surface area contributed by atoms with Gasteiger partial charge in [0.15, 0.2) is 5.78 Å². The highest BCUT2D eigenvalue weighted by atomic mass is 16.5. The van der Waals surface area contributed by atoms with Gasteiger partial charge < -0.3 is 9.47 Å². The molecule has 0 unspecified atom stereocenters. The second-order valence-corrected chi connectivity index (χ2v) is 4.35. The summed E-state index contributed by atoms with van der Waals surface area (Å²) < 4.78 is 11.3. The largest absolute Gasteiger partial charge is 0.493 e. The first kappa shape index (κ1) is 14.6. The first-order valence-electron chi connectivity index (χ1n) is 6.51. The van der Waals surface area contributed by atoms with Gasteiger partial charge in [-0.05, 0) is 38.8 Å². The second-order valence-electron chi connectivity index (χ2n) is 4.35. The molecule has 3 nitrogen and oxygen atoms in total. The van der Waals surface area contributed by atoms with Gasteiger partial charge in [0.05, 0.1) is 13.2 Å². The van der Waals surface area contributed by atoms with Crippen molar-refractivity contribution in [2.45, 2.75) is 40.5 Å². The Morgan fingerprint density at radius 1 is 1.06 bits per heavy atom. The van der Waals surface area contributed by atoms with Gasteiger partial charge in [-0.2, -0.15) is 0 Å². The van der Waals surface area contributed by atoms with Crippen LogP contribution in [-0.4, -0.2) is 19.0 Å². The van der Waals surface area contributed by atoms with Crippen molar-refractivity contribution in [2.75, 3.05) is 13.2 Å². The van der Waals surface area contributed by atoms with Crippen LogP contribution in [0.25, 0.3) is 0 Å². The number of carbonyl (C=O) groups excluding carboxylic acids is 1. The molecule has 18 heavy (non-hydrogen) atoms. The number of Topliss-reactive ketones (excluding diaryl/α,β-unsaturated/α-hetero) is 1. The molecule has 0 aromatic heterocycles. The van der Waals surface area contributed by atoms with Gasteiger partial charge >= 0.3 is 0 Å². The van der Waals surface area contributed by atoms with Crippen LogP contribution in [0.4, 0.5) is 0 Å². The molecule has 0 atom stereocenters. The third kappa shape index (κ3) is 3.76. The highest BCUT2D eigenvalue weighted by Gasteiger charge is 2.11. The molecule has 0 amide bonds. The van der Waals surface area contributed by atoms with E-state index in [4.69, 9.17) is 9.47 Å². The van der Waals surface area contributed by atoms with E-state index < -0.39 is 0 Å². The maximum atomic E-state index is 11.5. The van der Waals surface area contributed by atoms with Crippen LogP contribution in [0.2, 0.25) is 0 Å². The van der Waals surface area contributed by atoms with Gasteiger partial charge in [-0.15, -0.1) is 0 Å². The molecule has 1 aromatic rings. The van der Waals surface area contributed by atoms with Crippen LogP contribution in [0.1, 0.15) is 49.5 Å². The van der Waals surface area contributed by atoms with Crippen molar-refractivity contribution in [2.24, 2.45) is 0 Å². The Hall–Kier alpha value is -1.51. The number of benzene rings is 1. The third-order valence-corrected chi connectivity index (χ3v) is 2.64. The predicted molar refractivity (Wildman–Crippen MR) is 72.8 cm³/mol. The molecular formula is C15H22O3. The van der Waals surface area contributed by atoms with Gasteiger partial charge in [0, 0.05) is 11.1 Å². The molecule has 0 spiro atoms. The van der Waals surface area contributed by atoms with E-state index in [0.29, 0.717) is 18.8 Å². The van der Waals surface area contributed by atoms with Gasteiger partial charge in [-0.3, -0.25) is 4.79 Å². The van der Waals surface area contributed by atoms with Crippen LogP contribution >= 0.6 is 0 Å². The molecule has 1 aromatic carbocycles. The average Bonchev–Trinajstić information content (AvgIpc) is 2.35. The fourth-order valence-corrected chi connectivity index (χ4v) is 1.59. The summed E-state index contributed by atoms with van der Waals surface area (Å²) >= 11 is 0. The summed E-state index contributed by atoms with van der Waals surface area (Å²) in [6.07, 6.45) is 1.88. The quantitative estimate of drug-likeness (QED) is 0.691. The molecule has 0 aliphatic rings. The van der Waals surface area contributed by atoms with Crippen molar-refractivity contribution in [1.29, 1.82) is 0 Å². The molecule has 0 aliphatic heterocycles. The summed E-state index contributed by atoms with van der Waals surface area (Å²) in [7, 11) is 0. The Kier molecular flexibility index (Phi) is 5.69. The minimum absolute atomic E-state index is 0.0256. The van der Waals surface area contributed by atoms with Crippen molar-refractivity contribution in [3.8, 4) is 11.5 Å². The molecule has 0 saturated heterocycles. The fourth-order valence-electron chi connectivity index (χ4n) is 1.59. The third-order valence-electron chi connectivity index (χ3n) is 2.64. The molecule has 0 bridgehead atoms. The van der Waals surface area contributed by atoms with Crippen molar-refractivity contribution in [3.63, 3.8) is 0 Å². The number of ketones is 1. The minimum Gasteiger partial charge on any atom is -0.493 e. The smallest absolute Gasteiger partial charge is 0.160 e. The Balaban J connectivity index is 3.07. The van der Waals surface area contributed by atoms with E-state index in [-0.39, 0.29) is 5.78 Å². The average molecular weight is 250 g/mol. The van der Waals surface area contributed by atoms with E-state index in [1.54, 1.807) is 19.1 Å². The topological polar surface area (TPSA) is 35.5 Å². The molecule has 0 aliphatic carbocycles. The lowest BCUT2D eigenvalue weighted by Crippen LogP contribution is -2.04. The monoisotopic (exact) mass is 250 g/mol. The maximum Gasteiger partial charge on any atom is 0.160 e. The molecule has 0 saturated carbocycles. The summed E-state index contributed by atoms with van der Waals surface area (Å²) in [6.45, 7) is 8.92. The fraction of sp³-hybridized carbons (Fsp3) is 0.533. The zero-order valence-electron chi connectivity index (χ0n) is 11.7. The molecule has 0 radical (unpaired) electrons. The Bertz CT molecular complexity index is 381. The minimum atomic E-state index is 0.0256. The van der Waals surface area contributed by atoms with Crippen molar-refractivity contribution in [1.82, 2.24) is 0 Å². The molecule has 1 rings (SSSR count). The molecule has 0 heterocycles. The van der Waals surface area contributed by atoms with Crippen LogP contribution < -0.4 is 9.47 Å². The van der Waals surface area contributed by atoms with Crippen molar-refractivity contribution < 1.29 is 14.3 Å². The Labute approximate surface area is 109 Å². The van der Waals surface area contributed by atoms with Crippen molar-refractivity contribution >= 4 is 5.78 Å². The first-order valence-corrected chi connectivity index (χ1v) is 6.51. The zero-order chi connectivity index (χ0) is 13.5. The molecule has 100 valence electrons. The summed E-state index contributed by atoms with van der Waals surface area (Å²) in [5.41, 5.74) is 1.60. The highest BCUT2D eigenvalue weighted by Crippen LogP contribution is 2.30. The van der Waals surface area contributed by atoms with Gasteiger partial charge in [0.1, 0.15) is 11.5 Å². The molecular weight excluding hydrogens is 228 g/mol. The predicted octanol–water partition coefficient (Wildman–Crippen LogP) is 3.78. The van der Waals surface area contributed by atoms with Crippen LogP contribution in [-0.2, 0) is 0 Å². The number of hydrogen-bond donors (Lipinski definition) is 0. The SMILES string of the molecule is CCCOc1cc(C(C)=O)cc(OCCC)c1C. The van der Waals surface area contributed by atoms with Crippen molar-refractivity contribution in [3.05, 3.63) is 23.3 Å². The van der Waals surface area contributed by atoms with E-state index >= 15 is 0 Å². The molecule has 0 fully saturated rings. The van der Waals surface area contributed by atoms with Crippen LogP contribution in [0.5, 0.6) is 11.5 Å². The summed E-state index contributed by atoms with van der Waals surface area (Å²) in [4.78, 5) is 11.5. The van der Waals surface area contributed by atoms with E-state index in [2.05, 4.69) is 13.8 Å². The first-order chi connectivity index (χ1) is 8.60. The standard InChI is InChI=1S/C15H22O3/c1-5-7-17-14-9-13(12(4)16)10-15(11(14)3)18-8-6-2/h9-10H,5-8H2,1-4H3. The normalized spacial score (nSPS) is 10.2. The zero-order valence-corrected chi connectivity index (χ0v) is 11.7. The maximum absolute atomic E-state index is 11.5. The summed E-state index contributed by atoms with van der Waals surface area (Å²) in [6, 6.07) is 3.60. The highest BCUT2D eigenvalue weighted by molar-refractivity contribution is 5.95. The second kappa shape index (κ2) is 7.04. The van der Waals surface area contributed by atoms with Crippen LogP contribution in [0.3, 0.4) is 0 Å². The number of ether oxygens (including phenoxy) is 2. The molecule has 3 heteroatoms. The lowest BCUT2D eigenvalue weighted by molar-refractivity contribution is 0.101. The van der Waals surface area contributed by atoms with Gasteiger partial charge in [-0.1, -0.05) is 13.8 Å². The summed E-state index contributed by atoms with van der Waals surface area (Å²) in [5, 5.41) is 0. The van der Waals surface area contributed by atoms with Gasteiger partial charge in [-0.25, -0.2) is 0 Å². The number of carbonyl (C=O) groups is 1. The molecule has 0 N–H and O–H groups in total. The number of rotatable bonds is 7. The lowest BCUT2D eigenvalue weighted by atomic mass is 10.1. The Morgan fingerprint density at radius 2 is 1.50 bits per heavy atom. The van der Waals surface area contributed by atoms with E-state index in [0.717, 1.165) is 29.9 Å². The van der Waals surface area contributed by atoms with E-state index in [9.17, 15) is 4.79 Å². The van der Waals surface area contributed by atoms with Crippen LogP contribution in [0, 0.1) is 6.92 Å². The van der Waals surface area contributed by atoms with E-state index in [1.807, 2.05) is 6.92 Å². The lowest BCUT2D eigenvalue weighted by Gasteiger charge is -2.14. The van der Waals surface area contributed by atoms with Gasteiger partial charge in [0.25, 0.3) is 0 Å². The van der Waals surface area contributed by atoms with Gasteiger partial charge in [0.2, 0.25) is 0 Å². The summed E-state index contributed by atoms with van der Waals surface area (Å²) in [5.74, 6) is 1.52.